The van der Waals surface area contributed by atoms with E-state index in [0.29, 0.717) is 36.4 Å². The highest BCUT2D eigenvalue weighted by Crippen LogP contribution is 2.26. The van der Waals surface area contributed by atoms with Crippen molar-refractivity contribution < 1.29 is 13.2 Å². The van der Waals surface area contributed by atoms with Crippen LogP contribution in [0.15, 0.2) is 76.3 Å². The quantitative estimate of drug-likeness (QED) is 0.635. The van der Waals surface area contributed by atoms with Gasteiger partial charge in [-0.25, -0.2) is 8.42 Å². The summed E-state index contributed by atoms with van der Waals surface area (Å²) in [4.78, 5) is 14.9. The first-order chi connectivity index (χ1) is 13.6. The molecule has 1 fully saturated rings. The van der Waals surface area contributed by atoms with Gasteiger partial charge in [-0.3, -0.25) is 4.79 Å². The van der Waals surface area contributed by atoms with E-state index in [0.717, 1.165) is 11.1 Å². The zero-order chi connectivity index (χ0) is 19.6. The number of thiophene rings is 1. The third-order valence-electron chi connectivity index (χ3n) is 5.23. The van der Waals surface area contributed by atoms with Crippen LogP contribution < -0.4 is 0 Å². The first kappa shape index (κ1) is 18.9. The Kier molecular flexibility index (Phi) is 5.33. The summed E-state index contributed by atoms with van der Waals surface area (Å²) in [5, 5.41) is 3.68. The van der Waals surface area contributed by atoms with Crippen molar-refractivity contribution >= 4 is 27.1 Å². The molecule has 0 N–H and O–H groups in total. The molecule has 0 unspecified atom stereocenters. The van der Waals surface area contributed by atoms with Crippen LogP contribution in [0.3, 0.4) is 0 Å². The topological polar surface area (TPSA) is 54.5 Å². The Hall–Kier alpha value is -2.44. The molecule has 144 valence electrons. The third-order valence-corrected chi connectivity index (χ3v) is 8.19. The molecule has 2 heterocycles. The predicted octanol–water partition coefficient (Wildman–Crippen LogP) is 4.49. The summed E-state index contributed by atoms with van der Waals surface area (Å²) >= 11 is 1.64. The van der Waals surface area contributed by atoms with Crippen LogP contribution in [-0.2, 0) is 9.84 Å². The van der Waals surface area contributed by atoms with Gasteiger partial charge in [-0.15, -0.1) is 0 Å². The number of amides is 1. The van der Waals surface area contributed by atoms with E-state index >= 15 is 0 Å². The molecule has 0 aliphatic carbocycles. The van der Waals surface area contributed by atoms with Gasteiger partial charge in [0.1, 0.15) is 0 Å². The van der Waals surface area contributed by atoms with Crippen LogP contribution in [0.4, 0.5) is 0 Å². The Bertz CT molecular complexity index is 1030. The molecule has 0 atom stereocenters. The third kappa shape index (κ3) is 3.75. The second-order valence-corrected chi connectivity index (χ2v) is 9.95. The van der Waals surface area contributed by atoms with E-state index in [1.54, 1.807) is 40.5 Å². The molecule has 1 amide bonds. The molecule has 1 saturated heterocycles. The summed E-state index contributed by atoms with van der Waals surface area (Å²) in [6, 6.07) is 18.2. The summed E-state index contributed by atoms with van der Waals surface area (Å²) in [6.07, 6.45) is 0.936. The molecule has 0 bridgehead atoms. The van der Waals surface area contributed by atoms with Crippen molar-refractivity contribution in [1.82, 2.24) is 4.90 Å². The number of nitrogens with zero attached hydrogens (tertiary/aromatic N) is 1. The second-order valence-electron chi connectivity index (χ2n) is 6.94. The molecule has 0 saturated carbocycles. The van der Waals surface area contributed by atoms with E-state index < -0.39 is 15.1 Å². The monoisotopic (exact) mass is 411 g/mol. The van der Waals surface area contributed by atoms with Crippen molar-refractivity contribution in [2.45, 2.75) is 23.0 Å². The molecule has 3 aromatic rings. The highest BCUT2D eigenvalue weighted by Gasteiger charge is 2.32. The van der Waals surface area contributed by atoms with Crippen LogP contribution >= 0.6 is 11.3 Å². The number of carbonyl (C=O) groups excluding carboxylic acids is 1. The van der Waals surface area contributed by atoms with Crippen molar-refractivity contribution in [1.29, 1.82) is 0 Å². The highest BCUT2D eigenvalue weighted by molar-refractivity contribution is 7.92. The van der Waals surface area contributed by atoms with Crippen LogP contribution in [0.1, 0.15) is 23.2 Å². The Balaban J connectivity index is 1.41. The smallest absolute Gasteiger partial charge is 0.253 e. The van der Waals surface area contributed by atoms with Gasteiger partial charge in [-0.05, 0) is 65.1 Å². The number of hydrogen-bond donors (Lipinski definition) is 0. The molecular formula is C22H21NO3S2. The number of benzene rings is 2. The van der Waals surface area contributed by atoms with Gasteiger partial charge in [0, 0.05) is 18.7 Å². The molecule has 4 nitrogen and oxygen atoms in total. The fourth-order valence-electron chi connectivity index (χ4n) is 3.59. The lowest BCUT2D eigenvalue weighted by Gasteiger charge is -2.31. The normalized spacial score (nSPS) is 15.5. The fraction of sp³-hybridized carbons (Fsp3) is 0.227. The summed E-state index contributed by atoms with van der Waals surface area (Å²) in [5.74, 6) is -0.0348. The first-order valence-corrected chi connectivity index (χ1v) is 11.8. The van der Waals surface area contributed by atoms with Gasteiger partial charge in [0.2, 0.25) is 0 Å². The van der Waals surface area contributed by atoms with Crippen molar-refractivity contribution in [2.75, 3.05) is 13.1 Å². The molecule has 1 aliphatic heterocycles. The Morgan fingerprint density at radius 1 is 0.893 bits per heavy atom. The Morgan fingerprint density at radius 2 is 1.57 bits per heavy atom. The number of hydrogen-bond acceptors (Lipinski definition) is 4. The lowest BCUT2D eigenvalue weighted by molar-refractivity contribution is 0.0725. The summed E-state index contributed by atoms with van der Waals surface area (Å²) in [6.45, 7) is 0.920. The summed E-state index contributed by atoms with van der Waals surface area (Å²) in [5.41, 5.74) is 2.88. The molecule has 6 heteroatoms. The predicted molar refractivity (Wildman–Crippen MR) is 112 cm³/mol. The lowest BCUT2D eigenvalue weighted by Crippen LogP contribution is -2.42. The van der Waals surface area contributed by atoms with Crippen LogP contribution in [0.2, 0.25) is 0 Å². The minimum atomic E-state index is -3.34. The van der Waals surface area contributed by atoms with Crippen LogP contribution in [-0.4, -0.2) is 37.6 Å². The molecule has 1 aliphatic rings. The highest BCUT2D eigenvalue weighted by atomic mass is 32.2. The number of carbonyl (C=O) groups is 1. The largest absolute Gasteiger partial charge is 0.339 e. The van der Waals surface area contributed by atoms with Gasteiger partial charge in [-0.2, -0.15) is 11.3 Å². The van der Waals surface area contributed by atoms with Crippen LogP contribution in [0, 0.1) is 0 Å². The van der Waals surface area contributed by atoms with E-state index in [4.69, 9.17) is 0 Å². The number of piperidine rings is 1. The maximum atomic E-state index is 12.8. The zero-order valence-corrected chi connectivity index (χ0v) is 17.0. The minimum Gasteiger partial charge on any atom is -0.339 e. The maximum absolute atomic E-state index is 12.8. The Labute approximate surface area is 169 Å². The molecule has 2 aromatic carbocycles. The first-order valence-electron chi connectivity index (χ1n) is 9.26. The van der Waals surface area contributed by atoms with E-state index in [9.17, 15) is 13.2 Å². The summed E-state index contributed by atoms with van der Waals surface area (Å²) < 4.78 is 25.6. The van der Waals surface area contributed by atoms with Gasteiger partial charge in [0.15, 0.2) is 9.84 Å². The Morgan fingerprint density at radius 3 is 2.18 bits per heavy atom. The van der Waals surface area contributed by atoms with E-state index in [-0.39, 0.29) is 5.91 Å². The average Bonchev–Trinajstić information content (AvgIpc) is 3.29. The van der Waals surface area contributed by atoms with E-state index in [2.05, 4.69) is 11.4 Å². The van der Waals surface area contributed by atoms with Crippen molar-refractivity contribution in [3.05, 3.63) is 77.0 Å². The number of sulfone groups is 1. The SMILES string of the molecule is O=C(c1ccc(-c2ccsc2)cc1)N1CCC(S(=O)(=O)c2ccccc2)CC1. The fourth-order valence-corrected chi connectivity index (χ4v) is 6.01. The second kappa shape index (κ2) is 7.89. The van der Waals surface area contributed by atoms with Crippen molar-refractivity contribution in [2.24, 2.45) is 0 Å². The minimum absolute atomic E-state index is 0.0348. The van der Waals surface area contributed by atoms with Crippen molar-refractivity contribution in [3.63, 3.8) is 0 Å². The standard InChI is InChI=1S/C22H21NO3S2/c24-22(18-8-6-17(7-9-18)19-12-15-27-16-19)23-13-10-21(11-14-23)28(25,26)20-4-2-1-3-5-20/h1-9,12,15-16,21H,10-11,13-14H2. The molecule has 0 spiro atoms. The van der Waals surface area contributed by atoms with Gasteiger partial charge < -0.3 is 4.90 Å². The maximum Gasteiger partial charge on any atom is 0.253 e. The molecule has 1 aromatic heterocycles. The van der Waals surface area contributed by atoms with E-state index in [1.807, 2.05) is 35.7 Å². The van der Waals surface area contributed by atoms with E-state index in [1.165, 1.54) is 0 Å². The average molecular weight is 412 g/mol. The summed E-state index contributed by atoms with van der Waals surface area (Å²) in [7, 11) is -3.34. The number of likely N-dealkylation sites (tertiary alicyclic amines) is 1. The molecule has 0 radical (unpaired) electrons. The van der Waals surface area contributed by atoms with Gasteiger partial charge in [0.05, 0.1) is 10.1 Å². The molecule has 4 rings (SSSR count). The van der Waals surface area contributed by atoms with Gasteiger partial charge >= 0.3 is 0 Å². The van der Waals surface area contributed by atoms with Gasteiger partial charge in [0.25, 0.3) is 5.91 Å². The number of rotatable bonds is 4. The lowest BCUT2D eigenvalue weighted by atomic mass is 10.0. The van der Waals surface area contributed by atoms with Gasteiger partial charge in [-0.1, -0.05) is 30.3 Å². The molecule has 28 heavy (non-hydrogen) atoms. The van der Waals surface area contributed by atoms with Crippen LogP contribution in [0.25, 0.3) is 11.1 Å². The van der Waals surface area contributed by atoms with Crippen molar-refractivity contribution in [3.8, 4) is 11.1 Å². The van der Waals surface area contributed by atoms with Crippen LogP contribution in [0.5, 0.6) is 0 Å². The molecular weight excluding hydrogens is 390 g/mol. The zero-order valence-electron chi connectivity index (χ0n) is 15.3.